The maximum absolute atomic E-state index is 9.82. The SMILES string of the molecule is C[CH]Cc1ccc(N(CC)CC)cc1O. The summed E-state index contributed by atoms with van der Waals surface area (Å²) in [7, 11) is 0. The van der Waals surface area contributed by atoms with Gasteiger partial charge in [-0.1, -0.05) is 13.0 Å². The summed E-state index contributed by atoms with van der Waals surface area (Å²) in [6.07, 6.45) is 2.87. The first-order valence-electron chi connectivity index (χ1n) is 5.57. The molecule has 0 aliphatic rings. The lowest BCUT2D eigenvalue weighted by molar-refractivity contribution is 0.469. The van der Waals surface area contributed by atoms with E-state index in [-0.39, 0.29) is 0 Å². The van der Waals surface area contributed by atoms with Gasteiger partial charge < -0.3 is 10.0 Å². The lowest BCUT2D eigenvalue weighted by atomic mass is 10.1. The molecule has 0 spiro atoms. The number of phenolic OH excluding ortho intramolecular Hbond substituents is 1. The molecule has 0 aliphatic carbocycles. The summed E-state index contributed by atoms with van der Waals surface area (Å²) >= 11 is 0. The van der Waals surface area contributed by atoms with E-state index in [0.717, 1.165) is 30.8 Å². The van der Waals surface area contributed by atoms with E-state index < -0.39 is 0 Å². The molecule has 0 amide bonds. The molecule has 0 fully saturated rings. The summed E-state index contributed by atoms with van der Waals surface area (Å²) in [5, 5.41) is 9.82. The lowest BCUT2D eigenvalue weighted by Gasteiger charge is -2.21. The Morgan fingerprint density at radius 1 is 1.27 bits per heavy atom. The van der Waals surface area contributed by atoms with Crippen molar-refractivity contribution in [2.24, 2.45) is 0 Å². The van der Waals surface area contributed by atoms with Gasteiger partial charge in [-0.3, -0.25) is 0 Å². The van der Waals surface area contributed by atoms with E-state index in [4.69, 9.17) is 0 Å². The number of nitrogens with zero attached hydrogens (tertiary/aromatic N) is 1. The van der Waals surface area contributed by atoms with Crippen LogP contribution < -0.4 is 4.90 Å². The predicted octanol–water partition coefficient (Wildman–Crippen LogP) is 3.01. The van der Waals surface area contributed by atoms with Crippen molar-refractivity contribution in [2.75, 3.05) is 18.0 Å². The molecule has 0 atom stereocenters. The van der Waals surface area contributed by atoms with Crippen LogP contribution >= 0.6 is 0 Å². The van der Waals surface area contributed by atoms with Crippen molar-refractivity contribution in [2.45, 2.75) is 27.2 Å². The Hall–Kier alpha value is -1.18. The Kier molecular flexibility index (Phi) is 4.47. The van der Waals surface area contributed by atoms with Gasteiger partial charge in [0, 0.05) is 24.8 Å². The molecule has 0 heterocycles. The third kappa shape index (κ3) is 2.88. The van der Waals surface area contributed by atoms with Gasteiger partial charge in [0.05, 0.1) is 0 Å². The minimum absolute atomic E-state index is 0.400. The maximum atomic E-state index is 9.82. The first-order valence-corrected chi connectivity index (χ1v) is 5.57. The van der Waals surface area contributed by atoms with Crippen LogP contribution in [0.4, 0.5) is 5.69 Å². The van der Waals surface area contributed by atoms with Gasteiger partial charge in [-0.05, 0) is 38.3 Å². The maximum Gasteiger partial charge on any atom is 0.120 e. The zero-order chi connectivity index (χ0) is 11.3. The molecule has 83 valence electrons. The number of hydrogen-bond donors (Lipinski definition) is 1. The van der Waals surface area contributed by atoms with E-state index in [1.165, 1.54) is 0 Å². The van der Waals surface area contributed by atoms with Crippen LogP contribution in [0.15, 0.2) is 18.2 Å². The molecule has 0 aromatic heterocycles. The predicted molar refractivity (Wildman–Crippen MR) is 65.3 cm³/mol. The minimum Gasteiger partial charge on any atom is -0.508 e. The molecular weight excluding hydrogens is 186 g/mol. The van der Waals surface area contributed by atoms with E-state index in [1.807, 2.05) is 25.5 Å². The molecule has 1 radical (unpaired) electrons. The second kappa shape index (κ2) is 5.64. The fourth-order valence-electron chi connectivity index (χ4n) is 1.73. The fraction of sp³-hybridized carbons (Fsp3) is 0.462. The molecule has 1 rings (SSSR count). The van der Waals surface area contributed by atoms with E-state index in [9.17, 15) is 5.11 Å². The molecule has 0 bridgehead atoms. The van der Waals surface area contributed by atoms with Crippen molar-refractivity contribution in [1.29, 1.82) is 0 Å². The molecular formula is C13H20NO. The van der Waals surface area contributed by atoms with E-state index in [1.54, 1.807) is 0 Å². The Balaban J connectivity index is 2.89. The van der Waals surface area contributed by atoms with Gasteiger partial charge in [0.1, 0.15) is 5.75 Å². The standard InChI is InChI=1S/C13H20NO/c1-4-7-11-8-9-12(10-13(11)15)14(5-2)6-3/h4,8-10,15H,5-7H2,1-3H3. The van der Waals surface area contributed by atoms with Gasteiger partial charge in [0.2, 0.25) is 0 Å². The third-order valence-electron chi connectivity index (χ3n) is 2.62. The smallest absolute Gasteiger partial charge is 0.120 e. The number of phenols is 1. The number of aromatic hydroxyl groups is 1. The zero-order valence-electron chi connectivity index (χ0n) is 9.83. The van der Waals surface area contributed by atoms with Gasteiger partial charge in [0.25, 0.3) is 0 Å². The van der Waals surface area contributed by atoms with Gasteiger partial charge in [0.15, 0.2) is 0 Å². The van der Waals surface area contributed by atoms with Gasteiger partial charge >= 0.3 is 0 Å². The second-order valence-corrected chi connectivity index (χ2v) is 3.60. The summed E-state index contributed by atoms with van der Waals surface area (Å²) < 4.78 is 0. The Morgan fingerprint density at radius 3 is 2.40 bits per heavy atom. The summed E-state index contributed by atoms with van der Waals surface area (Å²) in [5.41, 5.74) is 2.09. The number of rotatable bonds is 5. The highest BCUT2D eigenvalue weighted by Gasteiger charge is 2.05. The van der Waals surface area contributed by atoms with Crippen molar-refractivity contribution < 1.29 is 5.11 Å². The monoisotopic (exact) mass is 206 g/mol. The topological polar surface area (TPSA) is 23.5 Å². The highest BCUT2D eigenvalue weighted by Crippen LogP contribution is 2.25. The average Bonchev–Trinajstić information content (AvgIpc) is 2.24. The van der Waals surface area contributed by atoms with E-state index >= 15 is 0 Å². The summed E-state index contributed by atoms with van der Waals surface area (Å²) in [4.78, 5) is 2.22. The van der Waals surface area contributed by atoms with Gasteiger partial charge in [-0.25, -0.2) is 0 Å². The highest BCUT2D eigenvalue weighted by atomic mass is 16.3. The quantitative estimate of drug-likeness (QED) is 0.800. The van der Waals surface area contributed by atoms with Gasteiger partial charge in [-0.2, -0.15) is 0 Å². The zero-order valence-corrected chi connectivity index (χ0v) is 9.83. The average molecular weight is 206 g/mol. The minimum atomic E-state index is 0.400. The highest BCUT2D eigenvalue weighted by molar-refractivity contribution is 5.53. The van der Waals surface area contributed by atoms with Crippen molar-refractivity contribution >= 4 is 5.69 Å². The largest absolute Gasteiger partial charge is 0.508 e. The number of anilines is 1. The van der Waals surface area contributed by atoms with Crippen molar-refractivity contribution in [3.63, 3.8) is 0 Å². The van der Waals surface area contributed by atoms with Crippen LogP contribution in [0.3, 0.4) is 0 Å². The molecule has 0 aliphatic heterocycles. The van der Waals surface area contributed by atoms with Crippen molar-refractivity contribution in [3.05, 3.63) is 30.2 Å². The molecule has 15 heavy (non-hydrogen) atoms. The lowest BCUT2D eigenvalue weighted by Crippen LogP contribution is -2.21. The van der Waals surface area contributed by atoms with E-state index in [2.05, 4.69) is 24.8 Å². The molecule has 2 heteroatoms. The molecule has 0 saturated heterocycles. The Bertz CT molecular complexity index is 305. The molecule has 0 saturated carbocycles. The van der Waals surface area contributed by atoms with Crippen LogP contribution in [0.2, 0.25) is 0 Å². The molecule has 1 aromatic rings. The normalized spacial score (nSPS) is 10.3. The first-order chi connectivity index (χ1) is 7.22. The van der Waals surface area contributed by atoms with Crippen LogP contribution in [0.1, 0.15) is 26.3 Å². The molecule has 1 aromatic carbocycles. The first kappa shape index (κ1) is 11.9. The van der Waals surface area contributed by atoms with Crippen LogP contribution in [0.5, 0.6) is 5.75 Å². The van der Waals surface area contributed by atoms with Crippen molar-refractivity contribution in [3.8, 4) is 5.75 Å². The summed E-state index contributed by atoms with van der Waals surface area (Å²) in [6.45, 7) is 8.17. The number of benzene rings is 1. The van der Waals surface area contributed by atoms with E-state index in [0.29, 0.717) is 5.75 Å². The van der Waals surface area contributed by atoms with Crippen molar-refractivity contribution in [1.82, 2.24) is 0 Å². The summed E-state index contributed by atoms with van der Waals surface area (Å²) in [6, 6.07) is 5.93. The van der Waals surface area contributed by atoms with Gasteiger partial charge in [-0.15, -0.1) is 0 Å². The second-order valence-electron chi connectivity index (χ2n) is 3.60. The van der Waals surface area contributed by atoms with Crippen LogP contribution in [0.25, 0.3) is 0 Å². The van der Waals surface area contributed by atoms with Crippen LogP contribution in [0, 0.1) is 6.42 Å². The number of hydrogen-bond acceptors (Lipinski definition) is 2. The molecule has 2 nitrogen and oxygen atoms in total. The fourth-order valence-corrected chi connectivity index (χ4v) is 1.73. The van der Waals surface area contributed by atoms with Crippen LogP contribution in [-0.4, -0.2) is 18.2 Å². The Labute approximate surface area is 92.5 Å². The Morgan fingerprint density at radius 2 is 1.93 bits per heavy atom. The third-order valence-corrected chi connectivity index (χ3v) is 2.62. The molecule has 1 N–H and O–H groups in total. The summed E-state index contributed by atoms with van der Waals surface area (Å²) in [5.74, 6) is 0.400. The molecule has 0 unspecified atom stereocenters. The van der Waals surface area contributed by atoms with Crippen LogP contribution in [-0.2, 0) is 6.42 Å².